The Bertz CT molecular complexity index is 861. The Morgan fingerprint density at radius 3 is 2.50 bits per heavy atom. The third-order valence-corrected chi connectivity index (χ3v) is 4.32. The summed E-state index contributed by atoms with van der Waals surface area (Å²) >= 11 is 0. The van der Waals surface area contributed by atoms with Gasteiger partial charge in [-0.3, -0.25) is 4.90 Å². The third-order valence-electron chi connectivity index (χ3n) is 4.32. The molecular weight excluding hydrogens is 310 g/mol. The van der Waals surface area contributed by atoms with Crippen LogP contribution in [0.1, 0.15) is 16.8 Å². The van der Waals surface area contributed by atoms with Gasteiger partial charge >= 0.3 is 0 Å². The average molecular weight is 326 g/mol. The number of halogens is 2. The summed E-state index contributed by atoms with van der Waals surface area (Å²) < 4.78 is 29.5. The molecule has 0 fully saturated rings. The van der Waals surface area contributed by atoms with Crippen molar-refractivity contribution in [3.8, 4) is 5.69 Å². The van der Waals surface area contributed by atoms with E-state index in [4.69, 9.17) is 0 Å². The Morgan fingerprint density at radius 2 is 1.71 bits per heavy atom. The minimum Gasteiger partial charge on any atom is -0.293 e. The first-order chi connectivity index (χ1) is 11.7. The molecule has 0 radical (unpaired) electrons. The molecule has 0 saturated heterocycles. The maximum Gasteiger partial charge on any atom is 0.128 e. The molecule has 0 aliphatic carbocycles. The molecule has 0 spiro atoms. The predicted octanol–water partition coefficient (Wildman–Crippen LogP) is 3.10. The van der Waals surface area contributed by atoms with Gasteiger partial charge in [-0.05, 0) is 36.2 Å². The van der Waals surface area contributed by atoms with Crippen LogP contribution in [-0.2, 0) is 19.5 Å². The summed E-state index contributed by atoms with van der Waals surface area (Å²) in [6.07, 6.45) is 2.37. The molecule has 1 aromatic heterocycles. The van der Waals surface area contributed by atoms with E-state index in [0.717, 1.165) is 11.4 Å². The number of hydrogen-bond acceptors (Lipinski definition) is 3. The topological polar surface area (TPSA) is 34.0 Å². The summed E-state index contributed by atoms with van der Waals surface area (Å²) in [4.78, 5) is 2.06. The van der Waals surface area contributed by atoms with Gasteiger partial charge in [0.25, 0.3) is 0 Å². The van der Waals surface area contributed by atoms with Gasteiger partial charge in [0.15, 0.2) is 0 Å². The summed E-state index contributed by atoms with van der Waals surface area (Å²) in [5.41, 5.74) is 2.70. The zero-order chi connectivity index (χ0) is 16.5. The fourth-order valence-corrected chi connectivity index (χ4v) is 3.09. The smallest absolute Gasteiger partial charge is 0.128 e. The molecule has 122 valence electrons. The molecular formula is C18H16F2N4. The maximum absolute atomic E-state index is 14.0. The zero-order valence-electron chi connectivity index (χ0n) is 13.0. The van der Waals surface area contributed by atoms with Gasteiger partial charge in [-0.15, -0.1) is 5.10 Å². The molecule has 3 aromatic rings. The first kappa shape index (κ1) is 15.0. The van der Waals surface area contributed by atoms with Crippen LogP contribution in [0.4, 0.5) is 8.78 Å². The minimum atomic E-state index is -0.343. The van der Waals surface area contributed by atoms with Crippen molar-refractivity contribution in [1.82, 2.24) is 19.9 Å². The van der Waals surface area contributed by atoms with Crippen LogP contribution in [0.5, 0.6) is 0 Å². The van der Waals surface area contributed by atoms with Gasteiger partial charge in [0.2, 0.25) is 0 Å². The lowest BCUT2D eigenvalue weighted by Crippen LogP contribution is -2.31. The molecule has 2 aromatic carbocycles. The fourth-order valence-electron chi connectivity index (χ4n) is 3.09. The summed E-state index contributed by atoms with van der Waals surface area (Å²) in [7, 11) is 0. The van der Waals surface area contributed by atoms with Crippen molar-refractivity contribution in [3.63, 3.8) is 0 Å². The highest BCUT2D eigenvalue weighted by Gasteiger charge is 2.23. The maximum atomic E-state index is 14.0. The normalized spacial score (nSPS) is 14.6. The second-order valence-electron chi connectivity index (χ2n) is 5.94. The molecule has 0 saturated carbocycles. The second kappa shape index (κ2) is 6.13. The highest BCUT2D eigenvalue weighted by molar-refractivity contribution is 5.32. The van der Waals surface area contributed by atoms with Crippen molar-refractivity contribution in [2.75, 3.05) is 6.54 Å². The van der Waals surface area contributed by atoms with Gasteiger partial charge in [0, 0.05) is 25.2 Å². The summed E-state index contributed by atoms with van der Waals surface area (Å²) in [6, 6.07) is 12.1. The SMILES string of the molecule is Fc1ccc(F)c2c1CCN(Cc1cn(-c3ccccc3)nn1)C2. The van der Waals surface area contributed by atoms with Gasteiger partial charge in [-0.2, -0.15) is 0 Å². The number of fused-ring (bicyclic) bond motifs is 1. The summed E-state index contributed by atoms with van der Waals surface area (Å²) in [6.45, 7) is 1.62. The molecule has 0 bridgehead atoms. The van der Waals surface area contributed by atoms with E-state index in [1.807, 2.05) is 36.5 Å². The molecule has 2 heterocycles. The van der Waals surface area contributed by atoms with Crippen LogP contribution in [-0.4, -0.2) is 26.4 Å². The lowest BCUT2D eigenvalue weighted by Gasteiger charge is -2.28. The Balaban J connectivity index is 1.51. The van der Waals surface area contributed by atoms with Gasteiger partial charge in [-0.25, -0.2) is 13.5 Å². The van der Waals surface area contributed by atoms with Crippen molar-refractivity contribution < 1.29 is 8.78 Å². The van der Waals surface area contributed by atoms with E-state index < -0.39 is 0 Å². The Labute approximate surface area is 138 Å². The fraction of sp³-hybridized carbons (Fsp3) is 0.222. The van der Waals surface area contributed by atoms with Crippen molar-refractivity contribution in [2.45, 2.75) is 19.5 Å². The molecule has 4 rings (SSSR count). The summed E-state index contributed by atoms with van der Waals surface area (Å²) in [5.74, 6) is -0.662. The van der Waals surface area contributed by atoms with E-state index in [9.17, 15) is 8.78 Å². The van der Waals surface area contributed by atoms with Crippen molar-refractivity contribution in [2.24, 2.45) is 0 Å². The molecule has 1 aliphatic rings. The number of rotatable bonds is 3. The average Bonchev–Trinajstić information content (AvgIpc) is 3.08. The lowest BCUT2D eigenvalue weighted by atomic mass is 9.98. The Hall–Kier alpha value is -2.60. The summed E-state index contributed by atoms with van der Waals surface area (Å²) in [5, 5.41) is 8.32. The van der Waals surface area contributed by atoms with Crippen LogP contribution in [0.3, 0.4) is 0 Å². The molecule has 24 heavy (non-hydrogen) atoms. The standard InChI is InChI=1S/C18H16F2N4/c19-17-6-7-18(20)16-12-23(9-8-15(16)17)10-13-11-24(22-21-13)14-4-2-1-3-5-14/h1-7,11H,8-10,12H2. The monoisotopic (exact) mass is 326 g/mol. The Kier molecular flexibility index (Phi) is 3.82. The predicted molar refractivity (Wildman–Crippen MR) is 85.5 cm³/mol. The van der Waals surface area contributed by atoms with Crippen LogP contribution >= 0.6 is 0 Å². The van der Waals surface area contributed by atoms with Crippen molar-refractivity contribution >= 4 is 0 Å². The van der Waals surface area contributed by atoms with E-state index in [1.165, 1.54) is 12.1 Å². The first-order valence-corrected chi connectivity index (χ1v) is 7.85. The molecule has 0 atom stereocenters. The van der Waals surface area contributed by atoms with Gasteiger partial charge in [-0.1, -0.05) is 23.4 Å². The van der Waals surface area contributed by atoms with Gasteiger partial charge < -0.3 is 0 Å². The number of aromatic nitrogens is 3. The third kappa shape index (κ3) is 2.80. The highest BCUT2D eigenvalue weighted by atomic mass is 19.1. The largest absolute Gasteiger partial charge is 0.293 e. The Morgan fingerprint density at radius 1 is 0.958 bits per heavy atom. The van der Waals surface area contributed by atoms with E-state index in [0.29, 0.717) is 37.2 Å². The second-order valence-corrected chi connectivity index (χ2v) is 5.94. The molecule has 4 nitrogen and oxygen atoms in total. The number of benzene rings is 2. The van der Waals surface area contributed by atoms with Crippen LogP contribution in [0, 0.1) is 11.6 Å². The van der Waals surface area contributed by atoms with E-state index in [1.54, 1.807) is 4.68 Å². The lowest BCUT2D eigenvalue weighted by molar-refractivity contribution is 0.235. The molecule has 1 aliphatic heterocycles. The van der Waals surface area contributed by atoms with E-state index >= 15 is 0 Å². The van der Waals surface area contributed by atoms with Crippen LogP contribution < -0.4 is 0 Å². The molecule has 6 heteroatoms. The van der Waals surface area contributed by atoms with E-state index in [-0.39, 0.29) is 11.6 Å². The van der Waals surface area contributed by atoms with Crippen molar-refractivity contribution in [3.05, 3.63) is 77.1 Å². The number of nitrogens with zero attached hydrogens (tertiary/aromatic N) is 4. The molecule has 0 N–H and O–H groups in total. The highest BCUT2D eigenvalue weighted by Crippen LogP contribution is 2.25. The van der Waals surface area contributed by atoms with Crippen LogP contribution in [0.25, 0.3) is 5.69 Å². The van der Waals surface area contributed by atoms with Crippen molar-refractivity contribution in [1.29, 1.82) is 0 Å². The first-order valence-electron chi connectivity index (χ1n) is 7.85. The minimum absolute atomic E-state index is 0.318. The van der Waals surface area contributed by atoms with Gasteiger partial charge in [0.05, 0.1) is 17.6 Å². The quantitative estimate of drug-likeness (QED) is 0.742. The van der Waals surface area contributed by atoms with Gasteiger partial charge in [0.1, 0.15) is 11.6 Å². The van der Waals surface area contributed by atoms with Crippen LogP contribution in [0.2, 0.25) is 0 Å². The zero-order valence-corrected chi connectivity index (χ0v) is 13.0. The number of para-hydroxylation sites is 1. The number of hydrogen-bond donors (Lipinski definition) is 0. The van der Waals surface area contributed by atoms with E-state index in [2.05, 4.69) is 15.2 Å². The molecule has 0 unspecified atom stereocenters. The van der Waals surface area contributed by atoms with Crippen LogP contribution in [0.15, 0.2) is 48.7 Å². The molecule has 0 amide bonds.